The monoisotopic (exact) mass is 415 g/mol. The highest BCUT2D eigenvalue weighted by molar-refractivity contribution is 9.10. The number of nitrogens with zero attached hydrogens (tertiary/aromatic N) is 1. The molecule has 21 heavy (non-hydrogen) atoms. The normalized spacial score (nSPS) is 10.2. The molecular formula is C13H7Br2NO5. The van der Waals surface area contributed by atoms with Gasteiger partial charge in [-0.2, -0.15) is 0 Å². The molecule has 0 fully saturated rings. The van der Waals surface area contributed by atoms with Gasteiger partial charge in [0.15, 0.2) is 0 Å². The predicted octanol–water partition coefficient (Wildman–Crippen LogP) is 4.61. The largest absolute Gasteiger partial charge is 0.478 e. The summed E-state index contributed by atoms with van der Waals surface area (Å²) in [6.07, 6.45) is 0. The van der Waals surface area contributed by atoms with Crippen LogP contribution in [-0.2, 0) is 0 Å². The lowest BCUT2D eigenvalue weighted by Gasteiger charge is -2.10. The van der Waals surface area contributed by atoms with E-state index in [0.29, 0.717) is 8.95 Å². The summed E-state index contributed by atoms with van der Waals surface area (Å²) in [6, 6.07) is 8.81. The second-order valence-corrected chi connectivity index (χ2v) is 5.66. The zero-order valence-electron chi connectivity index (χ0n) is 10.2. The van der Waals surface area contributed by atoms with Gasteiger partial charge in [0.05, 0.1) is 4.92 Å². The first kappa shape index (κ1) is 15.5. The van der Waals surface area contributed by atoms with Crippen molar-refractivity contribution in [2.45, 2.75) is 0 Å². The molecule has 0 spiro atoms. The topological polar surface area (TPSA) is 89.7 Å². The smallest absolute Gasteiger partial charge is 0.340 e. The zero-order valence-corrected chi connectivity index (χ0v) is 13.4. The number of nitro groups is 1. The number of halogens is 2. The molecule has 0 aliphatic heterocycles. The van der Waals surface area contributed by atoms with E-state index >= 15 is 0 Å². The number of carboxylic acids is 1. The van der Waals surface area contributed by atoms with Crippen LogP contribution < -0.4 is 4.74 Å². The maximum absolute atomic E-state index is 11.3. The van der Waals surface area contributed by atoms with Crippen molar-refractivity contribution in [2.75, 3.05) is 0 Å². The van der Waals surface area contributed by atoms with E-state index in [9.17, 15) is 20.0 Å². The fourth-order valence-electron chi connectivity index (χ4n) is 1.63. The standard InChI is InChI=1S/C13H7Br2NO5/c14-7-4-5-10(9(6-7)16(19)20)21-11-3-1-2-8(15)12(11)13(17)18/h1-6H,(H,17,18). The molecule has 1 N–H and O–H groups in total. The summed E-state index contributed by atoms with van der Waals surface area (Å²) in [5, 5.41) is 20.2. The Balaban J connectivity index is 2.51. The number of nitro benzene ring substituents is 1. The maximum atomic E-state index is 11.3. The Kier molecular flexibility index (Phi) is 4.59. The van der Waals surface area contributed by atoms with Crippen LogP contribution in [0.25, 0.3) is 0 Å². The summed E-state index contributed by atoms with van der Waals surface area (Å²) in [6.45, 7) is 0. The van der Waals surface area contributed by atoms with Crippen LogP contribution in [0.1, 0.15) is 10.4 Å². The van der Waals surface area contributed by atoms with Crippen LogP contribution in [0, 0.1) is 10.1 Å². The molecule has 0 unspecified atom stereocenters. The van der Waals surface area contributed by atoms with Gasteiger partial charge in [-0.3, -0.25) is 10.1 Å². The van der Waals surface area contributed by atoms with Gasteiger partial charge in [-0.15, -0.1) is 0 Å². The first-order valence-corrected chi connectivity index (χ1v) is 7.12. The van der Waals surface area contributed by atoms with Gasteiger partial charge in [0.2, 0.25) is 5.75 Å². The molecule has 0 saturated heterocycles. The molecule has 6 nitrogen and oxygen atoms in total. The zero-order chi connectivity index (χ0) is 15.6. The van der Waals surface area contributed by atoms with Gasteiger partial charge in [0.25, 0.3) is 0 Å². The lowest BCUT2D eigenvalue weighted by molar-refractivity contribution is -0.385. The van der Waals surface area contributed by atoms with Gasteiger partial charge in [-0.25, -0.2) is 4.79 Å². The van der Waals surface area contributed by atoms with E-state index in [1.54, 1.807) is 18.2 Å². The van der Waals surface area contributed by atoms with E-state index in [4.69, 9.17) is 4.74 Å². The number of hydrogen-bond donors (Lipinski definition) is 1. The van der Waals surface area contributed by atoms with Gasteiger partial charge < -0.3 is 9.84 Å². The van der Waals surface area contributed by atoms with E-state index in [0.717, 1.165) is 0 Å². The van der Waals surface area contributed by atoms with Crippen molar-refractivity contribution >= 4 is 43.5 Å². The van der Waals surface area contributed by atoms with Crippen molar-refractivity contribution in [1.82, 2.24) is 0 Å². The summed E-state index contributed by atoms with van der Waals surface area (Å²) in [4.78, 5) is 21.7. The third kappa shape index (κ3) is 3.40. The summed E-state index contributed by atoms with van der Waals surface area (Å²) < 4.78 is 6.27. The molecule has 0 aliphatic carbocycles. The minimum Gasteiger partial charge on any atom is -0.478 e. The van der Waals surface area contributed by atoms with Crippen LogP contribution >= 0.6 is 31.9 Å². The summed E-state index contributed by atoms with van der Waals surface area (Å²) in [7, 11) is 0. The molecule has 0 saturated carbocycles. The Hall–Kier alpha value is -1.93. The van der Waals surface area contributed by atoms with E-state index in [1.165, 1.54) is 18.2 Å². The highest BCUT2D eigenvalue weighted by Crippen LogP contribution is 2.36. The van der Waals surface area contributed by atoms with Gasteiger partial charge in [0.1, 0.15) is 11.3 Å². The molecule has 0 bridgehead atoms. The summed E-state index contributed by atoms with van der Waals surface area (Å²) in [5.41, 5.74) is -0.365. The molecule has 108 valence electrons. The van der Waals surface area contributed by atoms with Crippen molar-refractivity contribution in [3.8, 4) is 11.5 Å². The molecular weight excluding hydrogens is 410 g/mol. The number of rotatable bonds is 4. The lowest BCUT2D eigenvalue weighted by atomic mass is 10.2. The van der Waals surface area contributed by atoms with Crippen LogP contribution in [0.5, 0.6) is 11.5 Å². The van der Waals surface area contributed by atoms with Crippen molar-refractivity contribution in [3.63, 3.8) is 0 Å². The quantitative estimate of drug-likeness (QED) is 0.580. The van der Waals surface area contributed by atoms with E-state index < -0.39 is 10.9 Å². The molecule has 2 aromatic rings. The Morgan fingerprint density at radius 2 is 1.90 bits per heavy atom. The maximum Gasteiger partial charge on any atom is 0.340 e. The lowest BCUT2D eigenvalue weighted by Crippen LogP contribution is -2.02. The predicted molar refractivity (Wildman–Crippen MR) is 82.0 cm³/mol. The molecule has 0 heterocycles. The molecule has 0 atom stereocenters. The van der Waals surface area contributed by atoms with E-state index in [-0.39, 0.29) is 22.7 Å². The van der Waals surface area contributed by atoms with Crippen LogP contribution in [0.2, 0.25) is 0 Å². The Morgan fingerprint density at radius 1 is 1.19 bits per heavy atom. The van der Waals surface area contributed by atoms with E-state index in [1.807, 2.05) is 0 Å². The van der Waals surface area contributed by atoms with Crippen molar-refractivity contribution in [2.24, 2.45) is 0 Å². The average molecular weight is 417 g/mol. The first-order valence-electron chi connectivity index (χ1n) is 5.53. The van der Waals surface area contributed by atoms with Gasteiger partial charge in [-0.05, 0) is 40.2 Å². The number of carboxylic acid groups (broad SMARTS) is 1. The van der Waals surface area contributed by atoms with Crippen molar-refractivity contribution in [3.05, 3.63) is 61.0 Å². The van der Waals surface area contributed by atoms with Crippen LogP contribution in [0.4, 0.5) is 5.69 Å². The SMILES string of the molecule is O=C(O)c1c(Br)cccc1Oc1ccc(Br)cc1[N+](=O)[O-]. The Morgan fingerprint density at radius 3 is 2.52 bits per heavy atom. The molecule has 0 aromatic heterocycles. The molecule has 8 heteroatoms. The number of aromatic carboxylic acids is 1. The van der Waals surface area contributed by atoms with Crippen LogP contribution in [0.15, 0.2) is 45.3 Å². The fourth-order valence-corrected chi connectivity index (χ4v) is 2.50. The molecule has 2 aromatic carbocycles. The molecule has 0 aliphatic rings. The number of hydrogen-bond acceptors (Lipinski definition) is 4. The minimum atomic E-state index is -1.20. The molecule has 0 radical (unpaired) electrons. The van der Waals surface area contributed by atoms with Crippen molar-refractivity contribution < 1.29 is 19.6 Å². The summed E-state index contributed by atoms with van der Waals surface area (Å²) >= 11 is 6.26. The van der Waals surface area contributed by atoms with E-state index in [2.05, 4.69) is 31.9 Å². The van der Waals surface area contributed by atoms with Gasteiger partial charge in [-0.1, -0.05) is 22.0 Å². The minimum absolute atomic E-state index is 0.0160. The highest BCUT2D eigenvalue weighted by Gasteiger charge is 2.20. The number of benzene rings is 2. The Bertz CT molecular complexity index is 732. The average Bonchev–Trinajstić information content (AvgIpc) is 2.40. The third-order valence-corrected chi connectivity index (χ3v) is 3.68. The third-order valence-electron chi connectivity index (χ3n) is 2.53. The van der Waals surface area contributed by atoms with Crippen LogP contribution in [0.3, 0.4) is 0 Å². The molecule has 0 amide bonds. The summed E-state index contributed by atoms with van der Waals surface area (Å²) in [5.74, 6) is -1.22. The van der Waals surface area contributed by atoms with Gasteiger partial charge in [0, 0.05) is 15.0 Å². The van der Waals surface area contributed by atoms with Crippen LogP contribution in [-0.4, -0.2) is 16.0 Å². The number of ether oxygens (including phenoxy) is 1. The first-order chi connectivity index (χ1) is 9.90. The van der Waals surface area contributed by atoms with Gasteiger partial charge >= 0.3 is 11.7 Å². The fraction of sp³-hybridized carbons (Fsp3) is 0. The highest BCUT2D eigenvalue weighted by atomic mass is 79.9. The van der Waals surface area contributed by atoms with Crippen molar-refractivity contribution in [1.29, 1.82) is 0 Å². The number of carbonyl (C=O) groups is 1. The Labute approximate surface area is 135 Å². The second-order valence-electron chi connectivity index (χ2n) is 3.89. The second kappa shape index (κ2) is 6.23. The molecule has 2 rings (SSSR count).